The summed E-state index contributed by atoms with van der Waals surface area (Å²) in [5.41, 5.74) is 4.59. The zero-order chi connectivity index (χ0) is 18.8. The highest BCUT2D eigenvalue weighted by Gasteiger charge is 2.35. The number of fused-ring (bicyclic) bond motifs is 3. The van der Waals surface area contributed by atoms with Gasteiger partial charge in [0.25, 0.3) is 0 Å². The lowest BCUT2D eigenvalue weighted by atomic mass is 9.98. The first-order valence-electron chi connectivity index (χ1n) is 8.70. The third kappa shape index (κ3) is 3.03. The smallest absolute Gasteiger partial charge is 0.414 e. The van der Waals surface area contributed by atoms with Gasteiger partial charge in [0.05, 0.1) is 13.4 Å². The van der Waals surface area contributed by atoms with Crippen molar-refractivity contribution in [2.75, 3.05) is 20.3 Å². The SMILES string of the molecule is COC(=O)[C@@H]1COC=CN1C(=O)OCC1c2ccccc2-c2ccccc21. The number of ether oxygens (including phenoxy) is 3. The van der Waals surface area contributed by atoms with E-state index in [2.05, 4.69) is 24.3 Å². The van der Waals surface area contributed by atoms with Crippen LogP contribution in [0.1, 0.15) is 17.0 Å². The molecule has 138 valence electrons. The molecule has 6 heteroatoms. The van der Waals surface area contributed by atoms with E-state index in [1.165, 1.54) is 24.5 Å². The van der Waals surface area contributed by atoms with Crippen molar-refractivity contribution in [1.29, 1.82) is 0 Å². The van der Waals surface area contributed by atoms with Crippen LogP contribution in [-0.2, 0) is 19.0 Å². The fourth-order valence-electron chi connectivity index (χ4n) is 3.61. The lowest BCUT2D eigenvalue weighted by molar-refractivity contribution is -0.147. The molecular formula is C21H19NO5. The Morgan fingerprint density at radius 1 is 1.07 bits per heavy atom. The number of methoxy groups -OCH3 is 1. The van der Waals surface area contributed by atoms with E-state index in [0.717, 1.165) is 22.3 Å². The van der Waals surface area contributed by atoms with Gasteiger partial charge >= 0.3 is 12.1 Å². The summed E-state index contributed by atoms with van der Waals surface area (Å²) in [6.07, 6.45) is 2.15. The minimum atomic E-state index is -0.851. The first kappa shape index (κ1) is 17.1. The van der Waals surface area contributed by atoms with Gasteiger partial charge in [-0.2, -0.15) is 0 Å². The number of esters is 1. The molecule has 2 aromatic carbocycles. The van der Waals surface area contributed by atoms with Gasteiger partial charge in [-0.25, -0.2) is 9.59 Å². The van der Waals surface area contributed by atoms with Crippen LogP contribution in [0.5, 0.6) is 0 Å². The zero-order valence-electron chi connectivity index (χ0n) is 14.8. The molecule has 0 N–H and O–H groups in total. The minimum absolute atomic E-state index is 0.0351. The molecule has 0 spiro atoms. The Kier molecular flexibility index (Phi) is 4.54. The van der Waals surface area contributed by atoms with E-state index in [0.29, 0.717) is 0 Å². The number of hydrogen-bond donors (Lipinski definition) is 0. The van der Waals surface area contributed by atoms with Crippen molar-refractivity contribution in [3.8, 4) is 11.1 Å². The Balaban J connectivity index is 1.53. The lowest BCUT2D eigenvalue weighted by Gasteiger charge is -2.28. The van der Waals surface area contributed by atoms with Crippen molar-refractivity contribution in [1.82, 2.24) is 4.90 Å². The maximum atomic E-state index is 12.6. The van der Waals surface area contributed by atoms with Gasteiger partial charge in [-0.1, -0.05) is 48.5 Å². The number of hydrogen-bond acceptors (Lipinski definition) is 5. The van der Waals surface area contributed by atoms with Crippen LogP contribution in [0.15, 0.2) is 61.0 Å². The maximum Gasteiger partial charge on any atom is 0.414 e. The third-order valence-electron chi connectivity index (χ3n) is 4.93. The molecule has 0 fully saturated rings. The Bertz CT molecular complexity index is 861. The Morgan fingerprint density at radius 2 is 1.70 bits per heavy atom. The summed E-state index contributed by atoms with van der Waals surface area (Å²) in [5, 5.41) is 0. The summed E-state index contributed by atoms with van der Waals surface area (Å²) in [6, 6.07) is 15.4. The van der Waals surface area contributed by atoms with Crippen molar-refractivity contribution in [2.24, 2.45) is 0 Å². The van der Waals surface area contributed by atoms with E-state index in [-0.39, 0.29) is 19.1 Å². The van der Waals surface area contributed by atoms with E-state index in [1.54, 1.807) is 0 Å². The average Bonchev–Trinajstić information content (AvgIpc) is 3.05. The van der Waals surface area contributed by atoms with Crippen LogP contribution < -0.4 is 0 Å². The van der Waals surface area contributed by atoms with E-state index in [9.17, 15) is 9.59 Å². The standard InChI is InChI=1S/C21H19NO5/c1-25-20(23)19-13-26-11-10-22(19)21(24)27-12-18-16-8-4-2-6-14(16)15-7-3-5-9-17(15)18/h2-11,18-19H,12-13H2,1H3/t19-/m0/s1. The normalized spacial score (nSPS) is 17.7. The lowest BCUT2D eigenvalue weighted by Crippen LogP contribution is -2.47. The van der Waals surface area contributed by atoms with Crippen LogP contribution in [0.3, 0.4) is 0 Å². The molecule has 1 heterocycles. The summed E-state index contributed by atoms with van der Waals surface area (Å²) in [7, 11) is 1.27. The monoisotopic (exact) mass is 365 g/mol. The Morgan fingerprint density at radius 3 is 2.33 bits per heavy atom. The van der Waals surface area contributed by atoms with Crippen molar-refractivity contribution >= 4 is 12.1 Å². The van der Waals surface area contributed by atoms with Crippen LogP contribution in [0.4, 0.5) is 4.79 Å². The number of carbonyl (C=O) groups excluding carboxylic acids is 2. The van der Waals surface area contributed by atoms with Crippen LogP contribution in [0.25, 0.3) is 11.1 Å². The fraction of sp³-hybridized carbons (Fsp3) is 0.238. The van der Waals surface area contributed by atoms with E-state index >= 15 is 0 Å². The number of benzene rings is 2. The van der Waals surface area contributed by atoms with Crippen molar-refractivity contribution in [3.63, 3.8) is 0 Å². The predicted molar refractivity (Wildman–Crippen MR) is 97.8 cm³/mol. The van der Waals surface area contributed by atoms with Gasteiger partial charge in [0.1, 0.15) is 13.2 Å². The molecule has 6 nitrogen and oxygen atoms in total. The highest BCUT2D eigenvalue weighted by Crippen LogP contribution is 2.44. The number of carbonyl (C=O) groups is 2. The molecule has 4 rings (SSSR count). The molecule has 1 atom stereocenters. The maximum absolute atomic E-state index is 12.6. The zero-order valence-corrected chi connectivity index (χ0v) is 14.8. The first-order chi connectivity index (χ1) is 13.2. The van der Waals surface area contributed by atoms with Gasteiger partial charge in [0, 0.05) is 12.1 Å². The highest BCUT2D eigenvalue weighted by atomic mass is 16.6. The van der Waals surface area contributed by atoms with Gasteiger partial charge in [0.15, 0.2) is 6.04 Å². The van der Waals surface area contributed by atoms with Gasteiger partial charge in [0.2, 0.25) is 0 Å². The highest BCUT2D eigenvalue weighted by molar-refractivity contribution is 5.83. The van der Waals surface area contributed by atoms with E-state index in [4.69, 9.17) is 14.2 Å². The summed E-state index contributed by atoms with van der Waals surface area (Å²) >= 11 is 0. The average molecular weight is 365 g/mol. The van der Waals surface area contributed by atoms with Crippen molar-refractivity contribution in [2.45, 2.75) is 12.0 Å². The molecule has 0 aromatic heterocycles. The van der Waals surface area contributed by atoms with Gasteiger partial charge in [-0.05, 0) is 22.3 Å². The van der Waals surface area contributed by atoms with Crippen LogP contribution in [-0.4, -0.2) is 43.3 Å². The molecule has 2 aromatic rings. The number of rotatable bonds is 3. The van der Waals surface area contributed by atoms with Crippen LogP contribution in [0.2, 0.25) is 0 Å². The van der Waals surface area contributed by atoms with Crippen LogP contribution in [0, 0.1) is 0 Å². The molecule has 0 saturated heterocycles. The molecule has 0 bridgehead atoms. The molecule has 0 saturated carbocycles. The van der Waals surface area contributed by atoms with Gasteiger partial charge in [-0.3, -0.25) is 4.90 Å². The molecule has 0 radical (unpaired) electrons. The topological polar surface area (TPSA) is 65.1 Å². The van der Waals surface area contributed by atoms with Crippen molar-refractivity contribution in [3.05, 3.63) is 72.1 Å². The molecule has 27 heavy (non-hydrogen) atoms. The van der Waals surface area contributed by atoms with Crippen LogP contribution >= 0.6 is 0 Å². The molecule has 1 aliphatic heterocycles. The van der Waals surface area contributed by atoms with Gasteiger partial charge in [-0.15, -0.1) is 0 Å². The van der Waals surface area contributed by atoms with E-state index < -0.39 is 18.1 Å². The number of nitrogens with zero attached hydrogens (tertiary/aromatic N) is 1. The second kappa shape index (κ2) is 7.15. The van der Waals surface area contributed by atoms with Gasteiger partial charge < -0.3 is 14.2 Å². The molecule has 1 amide bonds. The molecule has 0 unspecified atom stereocenters. The molecule has 2 aliphatic rings. The minimum Gasteiger partial charge on any atom is -0.497 e. The fourth-order valence-corrected chi connectivity index (χ4v) is 3.61. The molecule has 1 aliphatic carbocycles. The largest absolute Gasteiger partial charge is 0.497 e. The summed E-state index contributed by atoms with van der Waals surface area (Å²) in [6.45, 7) is 0.222. The Labute approximate surface area is 156 Å². The quantitative estimate of drug-likeness (QED) is 0.781. The second-order valence-electron chi connectivity index (χ2n) is 6.37. The molecular weight excluding hydrogens is 346 g/mol. The Hall–Kier alpha value is -3.28. The van der Waals surface area contributed by atoms with E-state index in [1.807, 2.05) is 24.3 Å². The first-order valence-corrected chi connectivity index (χ1v) is 8.70. The predicted octanol–water partition coefficient (Wildman–Crippen LogP) is 3.28. The second-order valence-corrected chi connectivity index (χ2v) is 6.37. The van der Waals surface area contributed by atoms with Crippen molar-refractivity contribution < 1.29 is 23.8 Å². The third-order valence-corrected chi connectivity index (χ3v) is 4.93. The summed E-state index contributed by atoms with van der Waals surface area (Å²) in [4.78, 5) is 25.7. The summed E-state index contributed by atoms with van der Waals surface area (Å²) < 4.78 is 15.4. The summed E-state index contributed by atoms with van der Waals surface area (Å²) in [5.74, 6) is -0.587. The number of amides is 1.